The number of sulfonamides is 1. The second-order valence-corrected chi connectivity index (χ2v) is 9.04. The molecule has 0 amide bonds. The van der Waals surface area contributed by atoms with Gasteiger partial charge in [-0.05, 0) is 24.6 Å². The zero-order valence-corrected chi connectivity index (χ0v) is 13.1. The van der Waals surface area contributed by atoms with Crippen LogP contribution in [0, 0.1) is 5.82 Å². The first-order chi connectivity index (χ1) is 9.67. The van der Waals surface area contributed by atoms with Gasteiger partial charge in [-0.2, -0.15) is 4.31 Å². The van der Waals surface area contributed by atoms with Crippen LogP contribution in [0.2, 0.25) is 0 Å². The summed E-state index contributed by atoms with van der Waals surface area (Å²) >= 11 is 0. The third-order valence-electron chi connectivity index (χ3n) is 3.49. The number of rotatable bonds is 4. The van der Waals surface area contributed by atoms with Crippen LogP contribution < -0.4 is 5.73 Å². The Labute approximate surface area is 123 Å². The molecule has 0 saturated carbocycles. The minimum Gasteiger partial charge on any atom is -0.398 e. The number of anilines is 1. The van der Waals surface area contributed by atoms with Crippen molar-refractivity contribution in [3.8, 4) is 0 Å². The topological polar surface area (TPSA) is 97.5 Å². The monoisotopic (exact) mass is 336 g/mol. The van der Waals surface area contributed by atoms with Gasteiger partial charge in [0.2, 0.25) is 10.0 Å². The first-order valence-corrected chi connectivity index (χ1v) is 9.71. The molecule has 1 saturated heterocycles. The molecule has 1 aliphatic heterocycles. The minimum atomic E-state index is -3.95. The molecule has 0 spiro atoms. The Morgan fingerprint density at radius 3 is 2.57 bits per heavy atom. The number of halogens is 1. The Hall–Kier alpha value is -1.19. The van der Waals surface area contributed by atoms with Crippen molar-refractivity contribution in [3.05, 3.63) is 24.0 Å². The summed E-state index contributed by atoms with van der Waals surface area (Å²) in [6, 6.07) is 2.45. The summed E-state index contributed by atoms with van der Waals surface area (Å²) in [4.78, 5) is -0.199. The molecule has 118 valence electrons. The Bertz CT molecular complexity index is 747. The van der Waals surface area contributed by atoms with Crippen LogP contribution >= 0.6 is 0 Å². The SMILES string of the molecule is CCN(C1CCS(=O)(=O)C1)S(=O)(=O)c1ccc(F)cc1N. The molecule has 6 nitrogen and oxygen atoms in total. The van der Waals surface area contributed by atoms with Crippen LogP contribution in [-0.2, 0) is 19.9 Å². The molecular formula is C12H17FN2O4S2. The zero-order valence-electron chi connectivity index (χ0n) is 11.5. The Kier molecular flexibility index (Phi) is 4.27. The second-order valence-electron chi connectivity index (χ2n) is 4.95. The fraction of sp³-hybridized carbons (Fsp3) is 0.500. The summed E-state index contributed by atoms with van der Waals surface area (Å²) in [5.41, 5.74) is 5.40. The molecule has 1 aliphatic rings. The van der Waals surface area contributed by atoms with Gasteiger partial charge < -0.3 is 5.73 Å². The number of benzene rings is 1. The molecule has 0 aliphatic carbocycles. The Morgan fingerprint density at radius 1 is 1.43 bits per heavy atom. The van der Waals surface area contributed by atoms with E-state index in [0.717, 1.165) is 22.5 Å². The number of sulfone groups is 1. The number of nitrogens with zero attached hydrogens (tertiary/aromatic N) is 1. The average Bonchev–Trinajstić information content (AvgIpc) is 2.69. The predicted octanol–water partition coefficient (Wildman–Crippen LogP) is 0.606. The first-order valence-electron chi connectivity index (χ1n) is 6.44. The normalized spacial score (nSPS) is 21.8. The average molecular weight is 336 g/mol. The highest BCUT2D eigenvalue weighted by Gasteiger charge is 2.38. The van der Waals surface area contributed by atoms with E-state index in [2.05, 4.69) is 0 Å². The smallest absolute Gasteiger partial charge is 0.245 e. The lowest BCUT2D eigenvalue weighted by Crippen LogP contribution is -2.41. The van der Waals surface area contributed by atoms with Gasteiger partial charge in [0, 0.05) is 12.6 Å². The fourth-order valence-corrected chi connectivity index (χ4v) is 6.09. The molecular weight excluding hydrogens is 319 g/mol. The number of nitrogens with two attached hydrogens (primary N) is 1. The van der Waals surface area contributed by atoms with Crippen molar-refractivity contribution in [1.82, 2.24) is 4.31 Å². The van der Waals surface area contributed by atoms with E-state index < -0.39 is 31.7 Å². The van der Waals surface area contributed by atoms with Gasteiger partial charge in [-0.25, -0.2) is 21.2 Å². The summed E-state index contributed by atoms with van der Waals surface area (Å²) in [6.45, 7) is 1.75. The summed E-state index contributed by atoms with van der Waals surface area (Å²) in [6.07, 6.45) is 0.260. The van der Waals surface area contributed by atoms with Crippen LogP contribution in [0.4, 0.5) is 10.1 Å². The summed E-state index contributed by atoms with van der Waals surface area (Å²) < 4.78 is 62.5. The van der Waals surface area contributed by atoms with Gasteiger partial charge in [-0.1, -0.05) is 6.92 Å². The van der Waals surface area contributed by atoms with Crippen molar-refractivity contribution in [2.24, 2.45) is 0 Å². The van der Waals surface area contributed by atoms with Gasteiger partial charge in [-0.3, -0.25) is 0 Å². The van der Waals surface area contributed by atoms with E-state index >= 15 is 0 Å². The van der Waals surface area contributed by atoms with E-state index in [-0.39, 0.29) is 35.1 Å². The molecule has 0 aromatic heterocycles. The standard InChI is InChI=1S/C12H17FN2O4S2/c1-2-15(10-5-6-20(16,17)8-10)21(18,19)12-4-3-9(13)7-11(12)14/h3-4,7,10H,2,5-6,8,14H2,1H3. The molecule has 1 heterocycles. The molecule has 1 aromatic rings. The van der Waals surface area contributed by atoms with Crippen LogP contribution in [0.25, 0.3) is 0 Å². The molecule has 21 heavy (non-hydrogen) atoms. The molecule has 1 aromatic carbocycles. The maximum Gasteiger partial charge on any atom is 0.245 e. The van der Waals surface area contributed by atoms with Gasteiger partial charge in [0.05, 0.1) is 17.2 Å². The van der Waals surface area contributed by atoms with Crippen LogP contribution in [0.3, 0.4) is 0 Å². The lowest BCUT2D eigenvalue weighted by molar-refractivity contribution is 0.354. The van der Waals surface area contributed by atoms with Crippen molar-refractivity contribution in [1.29, 1.82) is 0 Å². The van der Waals surface area contributed by atoms with Crippen LogP contribution in [0.5, 0.6) is 0 Å². The molecule has 1 fully saturated rings. The van der Waals surface area contributed by atoms with Crippen LogP contribution in [0.1, 0.15) is 13.3 Å². The highest BCUT2D eigenvalue weighted by atomic mass is 32.2. The zero-order chi connectivity index (χ0) is 15.8. The van der Waals surface area contributed by atoms with Gasteiger partial charge in [-0.15, -0.1) is 0 Å². The largest absolute Gasteiger partial charge is 0.398 e. The van der Waals surface area contributed by atoms with E-state index in [1.165, 1.54) is 0 Å². The van der Waals surface area contributed by atoms with E-state index in [1.807, 2.05) is 0 Å². The summed E-state index contributed by atoms with van der Waals surface area (Å²) in [7, 11) is -7.16. The minimum absolute atomic E-state index is 0.0252. The van der Waals surface area contributed by atoms with Crippen molar-refractivity contribution < 1.29 is 21.2 Å². The highest BCUT2D eigenvalue weighted by Crippen LogP contribution is 2.28. The van der Waals surface area contributed by atoms with Gasteiger partial charge in [0.15, 0.2) is 9.84 Å². The van der Waals surface area contributed by atoms with Crippen molar-refractivity contribution in [2.75, 3.05) is 23.8 Å². The van der Waals surface area contributed by atoms with E-state index in [0.29, 0.717) is 0 Å². The van der Waals surface area contributed by atoms with Gasteiger partial charge in [0.1, 0.15) is 10.7 Å². The van der Waals surface area contributed by atoms with Gasteiger partial charge in [0.25, 0.3) is 0 Å². The second kappa shape index (κ2) is 5.54. The van der Waals surface area contributed by atoms with Gasteiger partial charge >= 0.3 is 0 Å². The Balaban J connectivity index is 2.41. The van der Waals surface area contributed by atoms with E-state index in [9.17, 15) is 21.2 Å². The summed E-state index contributed by atoms with van der Waals surface area (Å²) in [5.74, 6) is -0.845. The molecule has 9 heteroatoms. The number of hydrogen-bond acceptors (Lipinski definition) is 5. The predicted molar refractivity (Wildman–Crippen MR) is 77.4 cm³/mol. The lowest BCUT2D eigenvalue weighted by atomic mass is 10.3. The highest BCUT2D eigenvalue weighted by molar-refractivity contribution is 7.92. The Morgan fingerprint density at radius 2 is 2.10 bits per heavy atom. The molecule has 2 N–H and O–H groups in total. The van der Waals surface area contributed by atoms with E-state index in [4.69, 9.17) is 5.73 Å². The third-order valence-corrected chi connectivity index (χ3v) is 7.34. The maximum absolute atomic E-state index is 13.1. The number of nitrogen functional groups attached to an aromatic ring is 1. The van der Waals surface area contributed by atoms with Crippen molar-refractivity contribution in [3.63, 3.8) is 0 Å². The van der Waals surface area contributed by atoms with Crippen molar-refractivity contribution in [2.45, 2.75) is 24.3 Å². The van der Waals surface area contributed by atoms with Crippen LogP contribution in [0.15, 0.2) is 23.1 Å². The molecule has 1 atom stereocenters. The maximum atomic E-state index is 13.1. The molecule has 0 bridgehead atoms. The fourth-order valence-electron chi connectivity index (χ4n) is 2.51. The number of hydrogen-bond donors (Lipinski definition) is 1. The lowest BCUT2D eigenvalue weighted by Gasteiger charge is -2.26. The summed E-state index contributed by atoms with van der Waals surface area (Å²) in [5, 5.41) is 0. The quantitative estimate of drug-likeness (QED) is 0.812. The van der Waals surface area contributed by atoms with Crippen molar-refractivity contribution >= 4 is 25.5 Å². The van der Waals surface area contributed by atoms with E-state index in [1.54, 1.807) is 6.92 Å². The molecule has 2 rings (SSSR count). The molecule has 1 unspecified atom stereocenters. The third kappa shape index (κ3) is 3.19. The molecule has 0 radical (unpaired) electrons. The first kappa shape index (κ1) is 16.2. The van der Waals surface area contributed by atoms with Crippen LogP contribution in [-0.4, -0.2) is 45.2 Å².